The Kier molecular flexibility index (Phi) is 4.77. The lowest BCUT2D eigenvalue weighted by Gasteiger charge is -2.36. The number of nitrogens with one attached hydrogen (secondary N) is 1. The number of benzene rings is 2. The Morgan fingerprint density at radius 2 is 1.89 bits per heavy atom. The van der Waals surface area contributed by atoms with Crippen molar-refractivity contribution < 1.29 is 14.3 Å². The predicted octanol–water partition coefficient (Wildman–Crippen LogP) is 3.68. The van der Waals surface area contributed by atoms with Crippen molar-refractivity contribution in [1.29, 1.82) is 0 Å². The van der Waals surface area contributed by atoms with Gasteiger partial charge in [0.15, 0.2) is 6.10 Å². The van der Waals surface area contributed by atoms with Gasteiger partial charge in [0.1, 0.15) is 16.8 Å². The van der Waals surface area contributed by atoms with E-state index in [1.165, 1.54) is 4.90 Å². The number of hydrogen-bond acceptors (Lipinski definition) is 5. The molecule has 1 aliphatic heterocycles. The number of amides is 2. The van der Waals surface area contributed by atoms with Gasteiger partial charge in [-0.1, -0.05) is 24.3 Å². The maximum Gasteiger partial charge on any atom is 0.268 e. The summed E-state index contributed by atoms with van der Waals surface area (Å²) in [5.41, 5.74) is 1.53. The monoisotopic (exact) mass is 395 g/mol. The summed E-state index contributed by atoms with van der Waals surface area (Å²) in [5.74, 6) is 0.145. The molecule has 7 heteroatoms. The minimum atomic E-state index is -0.670. The molecule has 1 N–H and O–H groups in total. The smallest absolute Gasteiger partial charge is 0.268 e. The number of ether oxygens (including phenoxy) is 1. The van der Waals surface area contributed by atoms with E-state index in [-0.39, 0.29) is 17.9 Å². The third-order valence-corrected chi connectivity index (χ3v) is 6.04. The minimum absolute atomic E-state index is 0.228. The van der Waals surface area contributed by atoms with Gasteiger partial charge in [0.2, 0.25) is 5.91 Å². The van der Waals surface area contributed by atoms with Gasteiger partial charge in [0, 0.05) is 0 Å². The predicted molar refractivity (Wildman–Crippen MR) is 110 cm³/mol. The van der Waals surface area contributed by atoms with E-state index in [0.29, 0.717) is 11.4 Å². The molecule has 3 aromatic rings. The third kappa shape index (κ3) is 3.22. The summed E-state index contributed by atoms with van der Waals surface area (Å²) in [6, 6.07) is 14.2. The first-order chi connectivity index (χ1) is 13.5. The lowest BCUT2D eigenvalue weighted by Crippen LogP contribution is -2.54. The van der Waals surface area contributed by atoms with E-state index in [2.05, 4.69) is 10.3 Å². The van der Waals surface area contributed by atoms with E-state index in [9.17, 15) is 9.59 Å². The highest BCUT2D eigenvalue weighted by atomic mass is 32.1. The first kappa shape index (κ1) is 18.4. The van der Waals surface area contributed by atoms with Crippen LogP contribution < -0.4 is 15.0 Å². The SMILES string of the molecule is C[C@@H]1Oc2ccccc2N([C@@H](C)C(=O)N[C@@H](C)c2nc3ccccc3s2)C1=O. The fourth-order valence-electron chi connectivity index (χ4n) is 3.30. The minimum Gasteiger partial charge on any atom is -0.479 e. The fourth-order valence-corrected chi connectivity index (χ4v) is 4.27. The lowest BCUT2D eigenvalue weighted by atomic mass is 10.1. The first-order valence-corrected chi connectivity index (χ1v) is 10.0. The zero-order chi connectivity index (χ0) is 19.8. The van der Waals surface area contributed by atoms with Crippen LogP contribution in [0.3, 0.4) is 0 Å². The molecule has 0 saturated heterocycles. The van der Waals surface area contributed by atoms with Gasteiger partial charge in [-0.05, 0) is 45.0 Å². The molecule has 0 unspecified atom stereocenters. The largest absolute Gasteiger partial charge is 0.479 e. The van der Waals surface area contributed by atoms with Gasteiger partial charge in [-0.25, -0.2) is 4.98 Å². The molecule has 4 rings (SSSR count). The van der Waals surface area contributed by atoms with Crippen molar-refractivity contribution in [2.75, 3.05) is 4.90 Å². The Hall–Kier alpha value is -2.93. The number of hydrogen-bond donors (Lipinski definition) is 1. The second-order valence-electron chi connectivity index (χ2n) is 6.86. The van der Waals surface area contributed by atoms with Crippen molar-refractivity contribution >= 4 is 39.1 Å². The van der Waals surface area contributed by atoms with Crippen molar-refractivity contribution in [3.63, 3.8) is 0 Å². The molecule has 1 aliphatic rings. The Bertz CT molecular complexity index is 1020. The molecule has 2 heterocycles. The number of para-hydroxylation sites is 3. The van der Waals surface area contributed by atoms with Crippen LogP contribution in [0, 0.1) is 0 Å². The summed E-state index contributed by atoms with van der Waals surface area (Å²) in [6.45, 7) is 5.33. The maximum atomic E-state index is 12.9. The number of carbonyl (C=O) groups excluding carboxylic acids is 2. The molecular formula is C21H21N3O3S. The van der Waals surface area contributed by atoms with Crippen LogP contribution in [0.1, 0.15) is 31.8 Å². The number of nitrogens with zero attached hydrogens (tertiary/aromatic N) is 2. The number of aromatic nitrogens is 1. The Morgan fingerprint density at radius 1 is 1.18 bits per heavy atom. The standard InChI is InChI=1S/C21H21N3O3S/c1-12(20-23-15-8-4-7-11-18(15)28-20)22-19(25)13(2)24-16-9-5-6-10-17(16)27-14(3)21(24)26/h4-14H,1-3H3,(H,22,25)/t12-,13-,14-/m0/s1. The summed E-state index contributed by atoms with van der Waals surface area (Å²) in [5, 5.41) is 3.83. The van der Waals surface area contributed by atoms with E-state index >= 15 is 0 Å². The van der Waals surface area contributed by atoms with Crippen molar-refractivity contribution in [2.45, 2.75) is 39.0 Å². The van der Waals surface area contributed by atoms with Crippen LogP contribution in [-0.2, 0) is 9.59 Å². The van der Waals surface area contributed by atoms with E-state index in [0.717, 1.165) is 15.2 Å². The maximum absolute atomic E-state index is 12.9. The van der Waals surface area contributed by atoms with Crippen LogP contribution in [-0.4, -0.2) is 28.9 Å². The molecule has 0 spiro atoms. The average molecular weight is 395 g/mol. The number of thiazole rings is 1. The fraction of sp³-hybridized carbons (Fsp3) is 0.286. The van der Waals surface area contributed by atoms with Gasteiger partial charge in [0.25, 0.3) is 5.91 Å². The summed E-state index contributed by atoms with van der Waals surface area (Å²) in [4.78, 5) is 31.8. The van der Waals surface area contributed by atoms with Gasteiger partial charge in [-0.3, -0.25) is 14.5 Å². The lowest BCUT2D eigenvalue weighted by molar-refractivity contribution is -0.130. The van der Waals surface area contributed by atoms with Crippen LogP contribution in [0.15, 0.2) is 48.5 Å². The molecule has 2 amide bonds. The van der Waals surface area contributed by atoms with Crippen LogP contribution >= 0.6 is 11.3 Å². The average Bonchev–Trinajstić information content (AvgIpc) is 3.13. The van der Waals surface area contributed by atoms with Crippen LogP contribution in [0.5, 0.6) is 5.75 Å². The van der Waals surface area contributed by atoms with Gasteiger partial charge in [0.05, 0.1) is 21.9 Å². The number of anilines is 1. The molecule has 0 radical (unpaired) electrons. The van der Waals surface area contributed by atoms with Crippen LogP contribution in [0.25, 0.3) is 10.2 Å². The van der Waals surface area contributed by atoms with Crippen molar-refractivity contribution in [1.82, 2.24) is 10.3 Å². The van der Waals surface area contributed by atoms with Crippen LogP contribution in [0.2, 0.25) is 0 Å². The van der Waals surface area contributed by atoms with Gasteiger partial charge >= 0.3 is 0 Å². The van der Waals surface area contributed by atoms with E-state index in [4.69, 9.17) is 4.74 Å². The molecule has 0 fully saturated rings. The van der Waals surface area contributed by atoms with Crippen molar-refractivity contribution in [3.05, 3.63) is 53.5 Å². The normalized spacial score (nSPS) is 18.3. The molecule has 2 aromatic carbocycles. The van der Waals surface area contributed by atoms with Gasteiger partial charge < -0.3 is 10.1 Å². The number of carbonyl (C=O) groups is 2. The highest BCUT2D eigenvalue weighted by Gasteiger charge is 2.37. The first-order valence-electron chi connectivity index (χ1n) is 9.20. The summed E-state index contributed by atoms with van der Waals surface area (Å²) in [6.07, 6.45) is -0.633. The van der Waals surface area contributed by atoms with Crippen LogP contribution in [0.4, 0.5) is 5.69 Å². The quantitative estimate of drug-likeness (QED) is 0.732. The third-order valence-electron chi connectivity index (χ3n) is 4.82. The van der Waals surface area contributed by atoms with E-state index < -0.39 is 12.1 Å². The summed E-state index contributed by atoms with van der Waals surface area (Å²) in [7, 11) is 0. The zero-order valence-corrected chi connectivity index (χ0v) is 16.7. The summed E-state index contributed by atoms with van der Waals surface area (Å²) < 4.78 is 6.74. The highest BCUT2D eigenvalue weighted by Crippen LogP contribution is 2.35. The molecular weight excluding hydrogens is 374 g/mol. The number of fused-ring (bicyclic) bond motifs is 2. The molecule has 1 aromatic heterocycles. The molecule has 0 saturated carbocycles. The molecule has 28 heavy (non-hydrogen) atoms. The van der Waals surface area contributed by atoms with E-state index in [1.807, 2.05) is 43.3 Å². The molecule has 6 nitrogen and oxygen atoms in total. The zero-order valence-electron chi connectivity index (χ0n) is 15.9. The second kappa shape index (κ2) is 7.24. The van der Waals surface area contributed by atoms with E-state index in [1.54, 1.807) is 37.3 Å². The molecule has 0 aliphatic carbocycles. The molecule has 144 valence electrons. The number of rotatable bonds is 4. The van der Waals surface area contributed by atoms with Crippen molar-refractivity contribution in [3.8, 4) is 5.75 Å². The van der Waals surface area contributed by atoms with Gasteiger partial charge in [-0.15, -0.1) is 11.3 Å². The molecule has 3 atom stereocenters. The van der Waals surface area contributed by atoms with Gasteiger partial charge in [-0.2, -0.15) is 0 Å². The Balaban J connectivity index is 1.55. The molecule has 0 bridgehead atoms. The topological polar surface area (TPSA) is 71.5 Å². The Labute approximate surface area is 167 Å². The Morgan fingerprint density at radius 3 is 2.68 bits per heavy atom. The summed E-state index contributed by atoms with van der Waals surface area (Å²) >= 11 is 1.56. The highest BCUT2D eigenvalue weighted by molar-refractivity contribution is 7.18. The second-order valence-corrected chi connectivity index (χ2v) is 7.92. The van der Waals surface area contributed by atoms with Crippen molar-refractivity contribution in [2.24, 2.45) is 0 Å².